The number of benzene rings is 2. The molecule has 0 fully saturated rings. The molecule has 2 rings (SSSR count). The molecule has 0 aliphatic carbocycles. The van der Waals surface area contributed by atoms with E-state index >= 15 is 0 Å². The molecule has 0 spiro atoms. The van der Waals surface area contributed by atoms with Gasteiger partial charge in [0.2, 0.25) is 0 Å². The molecule has 0 radical (unpaired) electrons. The first-order valence-electron chi connectivity index (χ1n) is 5.52. The Morgan fingerprint density at radius 1 is 1.06 bits per heavy atom. The van der Waals surface area contributed by atoms with Crippen molar-refractivity contribution in [1.82, 2.24) is 0 Å². The normalized spacial score (nSPS) is 12.9. The Balaban J connectivity index is 2.17. The number of aryl methyl sites for hydroxylation is 1. The van der Waals surface area contributed by atoms with Crippen LogP contribution in [0.3, 0.4) is 0 Å². The van der Waals surface area contributed by atoms with Crippen molar-refractivity contribution in [3.05, 3.63) is 48.0 Å². The van der Waals surface area contributed by atoms with Gasteiger partial charge in [-0.15, -0.1) is 11.6 Å². The smallest absolute Gasteiger partial charge is 0.0886 e. The largest absolute Gasteiger partial charge is 0.110 e. The Kier molecular flexibility index (Phi) is 4.25. The van der Waals surface area contributed by atoms with Crippen molar-refractivity contribution in [2.24, 2.45) is 0 Å². The Labute approximate surface area is 110 Å². The summed E-state index contributed by atoms with van der Waals surface area (Å²) in [6.07, 6.45) is 3.22. The van der Waals surface area contributed by atoms with Gasteiger partial charge in [0.25, 0.3) is 0 Å². The molecule has 0 bridgehead atoms. The first-order chi connectivity index (χ1) is 7.77. The minimum absolute atomic E-state index is 0.0995. The quantitative estimate of drug-likeness (QED) is 0.687. The van der Waals surface area contributed by atoms with Gasteiger partial charge in [0.1, 0.15) is 0 Å². The third kappa shape index (κ3) is 2.99. The molecule has 0 aromatic heterocycles. The van der Waals surface area contributed by atoms with Crippen LogP contribution in [-0.4, -0.2) is 4.29 Å². The second-order valence-electron chi connectivity index (χ2n) is 3.92. The summed E-state index contributed by atoms with van der Waals surface area (Å²) in [5.41, 5.74) is 1.42. The molecule has 0 aliphatic heterocycles. The Hall–Kier alpha value is -0.530. The van der Waals surface area contributed by atoms with Crippen molar-refractivity contribution < 1.29 is 0 Å². The summed E-state index contributed by atoms with van der Waals surface area (Å²) in [5.74, 6) is 0. The Morgan fingerprint density at radius 3 is 2.62 bits per heavy atom. The van der Waals surface area contributed by atoms with Crippen molar-refractivity contribution >= 4 is 38.3 Å². The van der Waals surface area contributed by atoms with E-state index in [-0.39, 0.29) is 4.29 Å². The highest BCUT2D eigenvalue weighted by Gasteiger charge is 2.02. The predicted octanol–water partition coefficient (Wildman–Crippen LogP) is 5.12. The van der Waals surface area contributed by atoms with Crippen LogP contribution in [0.15, 0.2) is 42.5 Å². The van der Waals surface area contributed by atoms with E-state index in [9.17, 15) is 0 Å². The van der Waals surface area contributed by atoms with Crippen LogP contribution in [0.25, 0.3) is 10.8 Å². The number of alkyl halides is 2. The molecule has 0 N–H and O–H groups in total. The van der Waals surface area contributed by atoms with Crippen LogP contribution in [0.5, 0.6) is 0 Å². The highest BCUT2D eigenvalue weighted by molar-refractivity contribution is 9.10. The molecule has 0 saturated carbocycles. The fraction of sp³-hybridized carbons (Fsp3) is 0.286. The van der Waals surface area contributed by atoms with Gasteiger partial charge in [-0.05, 0) is 35.6 Å². The maximum atomic E-state index is 5.88. The second-order valence-corrected chi connectivity index (χ2v) is 6.08. The maximum Gasteiger partial charge on any atom is 0.0886 e. The van der Waals surface area contributed by atoms with E-state index < -0.39 is 0 Å². The van der Waals surface area contributed by atoms with E-state index in [4.69, 9.17) is 11.6 Å². The standard InChI is InChI=1S/C14H14BrCl/c15-14(16)10-4-8-12-7-3-6-11-5-1-2-9-13(11)12/h1-3,5-7,9,14H,4,8,10H2. The van der Waals surface area contributed by atoms with Gasteiger partial charge in [-0.25, -0.2) is 0 Å². The SMILES string of the molecule is ClC(Br)CCCc1cccc2ccccc12. The highest BCUT2D eigenvalue weighted by atomic mass is 79.9. The van der Waals surface area contributed by atoms with Gasteiger partial charge in [0.05, 0.1) is 4.29 Å². The lowest BCUT2D eigenvalue weighted by atomic mass is 10.0. The molecule has 2 aromatic rings. The molecule has 0 aliphatic rings. The maximum absolute atomic E-state index is 5.88. The molecule has 1 atom stereocenters. The monoisotopic (exact) mass is 296 g/mol. The summed E-state index contributed by atoms with van der Waals surface area (Å²) in [6, 6.07) is 15.0. The van der Waals surface area contributed by atoms with Crippen molar-refractivity contribution in [2.45, 2.75) is 23.5 Å². The summed E-state index contributed by atoms with van der Waals surface area (Å²) >= 11 is 9.24. The van der Waals surface area contributed by atoms with E-state index in [1.54, 1.807) is 0 Å². The summed E-state index contributed by atoms with van der Waals surface area (Å²) in [4.78, 5) is 0. The van der Waals surface area contributed by atoms with Crippen LogP contribution in [0, 0.1) is 0 Å². The van der Waals surface area contributed by atoms with Gasteiger partial charge in [-0.3, -0.25) is 0 Å². The predicted molar refractivity (Wildman–Crippen MR) is 75.5 cm³/mol. The summed E-state index contributed by atoms with van der Waals surface area (Å²) in [5, 5.41) is 2.69. The van der Waals surface area contributed by atoms with Crippen LogP contribution in [-0.2, 0) is 6.42 Å². The first kappa shape index (κ1) is 11.9. The first-order valence-corrected chi connectivity index (χ1v) is 6.87. The van der Waals surface area contributed by atoms with Gasteiger partial charge in [0.15, 0.2) is 0 Å². The number of hydrogen-bond acceptors (Lipinski definition) is 0. The fourth-order valence-corrected chi connectivity index (χ4v) is 2.44. The van der Waals surface area contributed by atoms with Gasteiger partial charge >= 0.3 is 0 Å². The zero-order valence-corrected chi connectivity index (χ0v) is 11.3. The van der Waals surface area contributed by atoms with Crippen LogP contribution in [0.1, 0.15) is 18.4 Å². The number of hydrogen-bond donors (Lipinski definition) is 0. The minimum Gasteiger partial charge on any atom is -0.110 e. The van der Waals surface area contributed by atoms with E-state index in [1.807, 2.05) is 0 Å². The van der Waals surface area contributed by atoms with E-state index in [0.717, 1.165) is 19.3 Å². The molecule has 0 amide bonds. The number of fused-ring (bicyclic) bond motifs is 1. The zero-order valence-electron chi connectivity index (χ0n) is 9.00. The molecule has 16 heavy (non-hydrogen) atoms. The fourth-order valence-electron chi connectivity index (χ4n) is 1.96. The summed E-state index contributed by atoms with van der Waals surface area (Å²) in [6.45, 7) is 0. The van der Waals surface area contributed by atoms with Crippen molar-refractivity contribution in [3.8, 4) is 0 Å². The molecule has 84 valence electrons. The molecular formula is C14H14BrCl. The van der Waals surface area contributed by atoms with Crippen LogP contribution < -0.4 is 0 Å². The highest BCUT2D eigenvalue weighted by Crippen LogP contribution is 2.21. The van der Waals surface area contributed by atoms with E-state index in [1.165, 1.54) is 16.3 Å². The minimum atomic E-state index is 0.0995. The molecule has 0 heterocycles. The third-order valence-corrected chi connectivity index (χ3v) is 3.42. The molecule has 1 unspecified atom stereocenters. The summed E-state index contributed by atoms with van der Waals surface area (Å²) in [7, 11) is 0. The third-order valence-electron chi connectivity index (χ3n) is 2.75. The van der Waals surface area contributed by atoms with E-state index in [2.05, 4.69) is 58.4 Å². The van der Waals surface area contributed by atoms with Crippen LogP contribution in [0.2, 0.25) is 0 Å². The molecule has 0 nitrogen and oxygen atoms in total. The van der Waals surface area contributed by atoms with Crippen molar-refractivity contribution in [3.63, 3.8) is 0 Å². The topological polar surface area (TPSA) is 0 Å². The lowest BCUT2D eigenvalue weighted by molar-refractivity contribution is 0.790. The molecule has 2 heteroatoms. The average Bonchev–Trinajstić information content (AvgIpc) is 2.29. The summed E-state index contributed by atoms with van der Waals surface area (Å²) < 4.78 is 0.0995. The number of halogens is 2. The van der Waals surface area contributed by atoms with Gasteiger partial charge in [-0.2, -0.15) is 0 Å². The van der Waals surface area contributed by atoms with Gasteiger partial charge < -0.3 is 0 Å². The average molecular weight is 298 g/mol. The van der Waals surface area contributed by atoms with Gasteiger partial charge in [0, 0.05) is 0 Å². The molecule has 2 aromatic carbocycles. The Morgan fingerprint density at radius 2 is 1.81 bits per heavy atom. The van der Waals surface area contributed by atoms with Crippen molar-refractivity contribution in [1.29, 1.82) is 0 Å². The van der Waals surface area contributed by atoms with E-state index in [0.29, 0.717) is 0 Å². The lowest BCUT2D eigenvalue weighted by Gasteiger charge is -2.06. The second kappa shape index (κ2) is 5.70. The van der Waals surface area contributed by atoms with Crippen LogP contribution >= 0.6 is 27.5 Å². The van der Waals surface area contributed by atoms with Crippen molar-refractivity contribution in [2.75, 3.05) is 0 Å². The number of rotatable bonds is 4. The molecular weight excluding hydrogens is 284 g/mol. The lowest BCUT2D eigenvalue weighted by Crippen LogP contribution is -1.91. The van der Waals surface area contributed by atoms with Crippen LogP contribution in [0.4, 0.5) is 0 Å². The van der Waals surface area contributed by atoms with Gasteiger partial charge in [-0.1, -0.05) is 58.4 Å². The Bertz CT molecular complexity index is 460. The zero-order chi connectivity index (χ0) is 11.4. The molecule has 0 saturated heterocycles.